The van der Waals surface area contributed by atoms with Gasteiger partial charge in [-0.1, -0.05) is 43.0 Å². The Morgan fingerprint density at radius 2 is 1.89 bits per heavy atom. The molecule has 0 bridgehead atoms. The molecule has 38 heavy (non-hydrogen) atoms. The Balaban J connectivity index is 1.57. The van der Waals surface area contributed by atoms with E-state index in [0.717, 1.165) is 17.3 Å². The number of aromatic amines is 1. The summed E-state index contributed by atoms with van der Waals surface area (Å²) in [7, 11) is 1.56. The third-order valence-corrected chi connectivity index (χ3v) is 7.11. The van der Waals surface area contributed by atoms with E-state index in [1.54, 1.807) is 55.8 Å². The molecule has 0 aliphatic rings. The molecule has 0 saturated heterocycles. The number of carbonyl (C=O) groups is 2. The Kier molecular flexibility index (Phi) is 7.28. The summed E-state index contributed by atoms with van der Waals surface area (Å²) in [5.41, 5.74) is 2.54. The lowest BCUT2D eigenvalue weighted by Crippen LogP contribution is -2.25. The van der Waals surface area contributed by atoms with Crippen LogP contribution in [0.1, 0.15) is 34.1 Å². The molecular formula is C29H26N4O4S. The van der Waals surface area contributed by atoms with Gasteiger partial charge in [0.15, 0.2) is 10.9 Å². The summed E-state index contributed by atoms with van der Waals surface area (Å²) < 4.78 is 6.84. The lowest BCUT2D eigenvalue weighted by molar-refractivity contribution is 0.0953. The number of Topliss-reactive ketones (excluding diaryl/α,β-unsaturated/α-hetero) is 1. The van der Waals surface area contributed by atoms with Gasteiger partial charge in [-0.05, 0) is 42.8 Å². The third-order valence-electron chi connectivity index (χ3n) is 6.17. The molecule has 192 valence electrons. The van der Waals surface area contributed by atoms with Gasteiger partial charge in [0.25, 0.3) is 11.5 Å². The Morgan fingerprint density at radius 1 is 1.05 bits per heavy atom. The minimum Gasteiger partial charge on any atom is -0.497 e. The van der Waals surface area contributed by atoms with E-state index in [1.165, 1.54) is 16.3 Å². The number of hydrogen-bond donors (Lipinski definition) is 2. The van der Waals surface area contributed by atoms with Crippen molar-refractivity contribution in [2.75, 3.05) is 19.4 Å². The van der Waals surface area contributed by atoms with Crippen molar-refractivity contribution < 1.29 is 14.3 Å². The van der Waals surface area contributed by atoms with E-state index in [1.807, 2.05) is 31.2 Å². The number of methoxy groups -OCH3 is 1. The first-order valence-electron chi connectivity index (χ1n) is 12.2. The number of H-pyrrole nitrogens is 1. The molecule has 5 aromatic rings. The fraction of sp³-hybridized carbons (Fsp3) is 0.172. The molecule has 0 fully saturated rings. The molecule has 0 spiro atoms. The minimum absolute atomic E-state index is 0.0699. The van der Waals surface area contributed by atoms with Gasteiger partial charge in [-0.2, -0.15) is 0 Å². The highest BCUT2D eigenvalue weighted by Crippen LogP contribution is 2.26. The zero-order valence-corrected chi connectivity index (χ0v) is 21.8. The number of carbonyl (C=O) groups excluding carboxylic acids is 2. The molecule has 0 saturated carbocycles. The molecule has 0 atom stereocenters. The lowest BCUT2D eigenvalue weighted by atomic mass is 10.1. The largest absolute Gasteiger partial charge is 0.497 e. The van der Waals surface area contributed by atoms with Crippen molar-refractivity contribution in [1.82, 2.24) is 19.9 Å². The number of ketones is 1. The normalized spacial score (nSPS) is 11.1. The summed E-state index contributed by atoms with van der Waals surface area (Å²) in [6.07, 6.45) is 2.52. The van der Waals surface area contributed by atoms with Crippen LogP contribution in [0.4, 0.5) is 0 Å². The maximum atomic E-state index is 13.7. The van der Waals surface area contributed by atoms with Crippen LogP contribution in [0.3, 0.4) is 0 Å². The van der Waals surface area contributed by atoms with Crippen LogP contribution in [0.2, 0.25) is 0 Å². The minimum atomic E-state index is -0.300. The molecule has 5 rings (SSSR count). The van der Waals surface area contributed by atoms with Crippen LogP contribution in [-0.2, 0) is 0 Å². The van der Waals surface area contributed by atoms with Crippen LogP contribution in [0.15, 0.2) is 82.9 Å². The van der Waals surface area contributed by atoms with Crippen LogP contribution >= 0.6 is 11.8 Å². The predicted octanol–water partition coefficient (Wildman–Crippen LogP) is 4.99. The van der Waals surface area contributed by atoms with E-state index in [0.29, 0.717) is 45.2 Å². The maximum Gasteiger partial charge on any atom is 0.266 e. The highest BCUT2D eigenvalue weighted by molar-refractivity contribution is 7.99. The molecule has 0 unspecified atom stereocenters. The zero-order valence-electron chi connectivity index (χ0n) is 21.0. The third kappa shape index (κ3) is 4.92. The van der Waals surface area contributed by atoms with Crippen molar-refractivity contribution in [3.05, 3.63) is 94.4 Å². The number of hydrogen-bond acceptors (Lipinski definition) is 6. The van der Waals surface area contributed by atoms with E-state index in [9.17, 15) is 14.4 Å². The summed E-state index contributed by atoms with van der Waals surface area (Å²) >= 11 is 1.17. The first kappa shape index (κ1) is 25.3. The average Bonchev–Trinajstić information content (AvgIpc) is 3.38. The Hall–Kier alpha value is -4.37. The Bertz CT molecular complexity index is 1720. The van der Waals surface area contributed by atoms with E-state index >= 15 is 0 Å². The highest BCUT2D eigenvalue weighted by Gasteiger charge is 2.18. The predicted molar refractivity (Wildman–Crippen MR) is 150 cm³/mol. The van der Waals surface area contributed by atoms with Crippen LogP contribution < -0.4 is 15.6 Å². The number of thioether (sulfide) groups is 1. The molecule has 0 aliphatic carbocycles. The number of amides is 1. The van der Waals surface area contributed by atoms with Crippen LogP contribution in [0.5, 0.6) is 5.75 Å². The number of nitrogens with one attached hydrogen (secondary N) is 2. The standard InChI is InChI=1S/C29H26N4O4S/c1-3-13-30-27(35)18-11-12-22-25(14-18)32-29(33(28(22)36)19-7-6-8-20(15-19)37-2)38-17-26(34)23-16-31-24-10-5-4-9-21(23)24/h4-12,14-16,31H,3,13,17H2,1-2H3,(H,30,35). The quantitative estimate of drug-likeness (QED) is 0.159. The topological polar surface area (TPSA) is 106 Å². The molecule has 2 heterocycles. The number of ether oxygens (including phenoxy) is 1. The monoisotopic (exact) mass is 526 g/mol. The van der Waals surface area contributed by atoms with Crippen molar-refractivity contribution in [3.63, 3.8) is 0 Å². The molecule has 9 heteroatoms. The van der Waals surface area contributed by atoms with E-state index in [2.05, 4.69) is 10.3 Å². The second kappa shape index (κ2) is 10.9. The summed E-state index contributed by atoms with van der Waals surface area (Å²) in [6, 6.07) is 19.6. The van der Waals surface area contributed by atoms with Crippen molar-refractivity contribution >= 4 is 45.3 Å². The smallest absolute Gasteiger partial charge is 0.266 e. The summed E-state index contributed by atoms with van der Waals surface area (Å²) in [5, 5.41) is 4.40. The number of aromatic nitrogens is 3. The van der Waals surface area contributed by atoms with Gasteiger partial charge in [0.1, 0.15) is 5.75 Å². The van der Waals surface area contributed by atoms with E-state index in [-0.39, 0.29) is 23.0 Å². The molecule has 8 nitrogen and oxygen atoms in total. The fourth-order valence-electron chi connectivity index (χ4n) is 4.23. The Labute approximate surface area is 223 Å². The van der Waals surface area contributed by atoms with Gasteiger partial charge in [0.05, 0.1) is 29.5 Å². The van der Waals surface area contributed by atoms with Crippen molar-refractivity contribution in [2.45, 2.75) is 18.5 Å². The highest BCUT2D eigenvalue weighted by atomic mass is 32.2. The van der Waals surface area contributed by atoms with Crippen molar-refractivity contribution in [3.8, 4) is 11.4 Å². The second-order valence-electron chi connectivity index (χ2n) is 8.68. The molecule has 0 aliphatic heterocycles. The van der Waals surface area contributed by atoms with E-state index < -0.39 is 0 Å². The molecule has 0 radical (unpaired) electrons. The Morgan fingerprint density at radius 3 is 2.71 bits per heavy atom. The maximum absolute atomic E-state index is 13.7. The number of para-hydroxylation sites is 1. The van der Waals surface area contributed by atoms with Crippen LogP contribution in [0, 0.1) is 0 Å². The number of fused-ring (bicyclic) bond motifs is 2. The second-order valence-corrected chi connectivity index (χ2v) is 9.63. The fourth-order valence-corrected chi connectivity index (χ4v) is 5.13. The van der Waals surface area contributed by atoms with Gasteiger partial charge < -0.3 is 15.0 Å². The van der Waals surface area contributed by atoms with Gasteiger partial charge in [0.2, 0.25) is 0 Å². The summed E-state index contributed by atoms with van der Waals surface area (Å²) in [5.74, 6) is 0.339. The van der Waals surface area contributed by atoms with Gasteiger partial charge in [-0.3, -0.25) is 19.0 Å². The molecule has 3 aromatic carbocycles. The van der Waals surface area contributed by atoms with Crippen molar-refractivity contribution in [1.29, 1.82) is 0 Å². The van der Waals surface area contributed by atoms with Crippen molar-refractivity contribution in [2.24, 2.45) is 0 Å². The van der Waals surface area contributed by atoms with Crippen LogP contribution in [-0.4, -0.2) is 45.6 Å². The van der Waals surface area contributed by atoms with Gasteiger partial charge in [-0.25, -0.2) is 4.98 Å². The first-order valence-corrected chi connectivity index (χ1v) is 13.2. The van der Waals surface area contributed by atoms with Crippen LogP contribution in [0.25, 0.3) is 27.5 Å². The van der Waals surface area contributed by atoms with Gasteiger partial charge >= 0.3 is 0 Å². The zero-order chi connectivity index (χ0) is 26.6. The first-order chi connectivity index (χ1) is 18.5. The summed E-state index contributed by atoms with van der Waals surface area (Å²) in [6.45, 7) is 2.53. The van der Waals surface area contributed by atoms with E-state index in [4.69, 9.17) is 9.72 Å². The molecular weight excluding hydrogens is 500 g/mol. The molecule has 2 aromatic heterocycles. The van der Waals surface area contributed by atoms with Gasteiger partial charge in [0, 0.05) is 40.8 Å². The molecule has 1 amide bonds. The number of benzene rings is 3. The average molecular weight is 527 g/mol. The lowest BCUT2D eigenvalue weighted by Gasteiger charge is -2.14. The number of rotatable bonds is 9. The summed E-state index contributed by atoms with van der Waals surface area (Å²) in [4.78, 5) is 47.4. The number of nitrogens with zero attached hydrogens (tertiary/aromatic N) is 2. The molecule has 2 N–H and O–H groups in total. The van der Waals surface area contributed by atoms with Gasteiger partial charge in [-0.15, -0.1) is 0 Å². The SMILES string of the molecule is CCCNC(=O)c1ccc2c(=O)n(-c3cccc(OC)c3)c(SCC(=O)c3c[nH]c4ccccc34)nc2c1.